The third-order valence-electron chi connectivity index (χ3n) is 5.07. The Balaban J connectivity index is 1.64. The summed E-state index contributed by atoms with van der Waals surface area (Å²) in [6.07, 6.45) is -0.358. The molecule has 1 unspecified atom stereocenters. The number of amides is 1. The van der Waals surface area contributed by atoms with Crippen molar-refractivity contribution in [2.45, 2.75) is 33.3 Å². The fourth-order valence-electron chi connectivity index (χ4n) is 3.27. The average Bonchev–Trinajstić information content (AvgIpc) is 2.76. The Labute approximate surface area is 186 Å². The molecule has 32 heavy (non-hydrogen) atoms. The number of carbonyl (C=O) groups is 3. The van der Waals surface area contributed by atoms with Crippen molar-refractivity contribution in [1.82, 2.24) is 5.32 Å². The van der Waals surface area contributed by atoms with E-state index in [1.807, 2.05) is 30.3 Å². The van der Waals surface area contributed by atoms with E-state index < -0.39 is 23.4 Å². The molecule has 1 atom stereocenters. The molecule has 0 radical (unpaired) electrons. The SMILES string of the molecule is CCOC(=O)C(C)(C)CNC(=O)COc1cc(O)c2c(c1)OC(c1ccccc1)CC2=O. The number of esters is 1. The van der Waals surface area contributed by atoms with Gasteiger partial charge in [0.25, 0.3) is 5.91 Å². The van der Waals surface area contributed by atoms with E-state index in [0.29, 0.717) is 0 Å². The van der Waals surface area contributed by atoms with Gasteiger partial charge in [-0.3, -0.25) is 14.4 Å². The highest BCUT2D eigenvalue weighted by Gasteiger charge is 2.31. The largest absolute Gasteiger partial charge is 0.507 e. The van der Waals surface area contributed by atoms with E-state index in [1.165, 1.54) is 12.1 Å². The number of hydrogen-bond donors (Lipinski definition) is 2. The number of aromatic hydroxyl groups is 1. The second-order valence-electron chi connectivity index (χ2n) is 8.13. The predicted molar refractivity (Wildman–Crippen MR) is 116 cm³/mol. The lowest BCUT2D eigenvalue weighted by molar-refractivity contribution is -0.153. The van der Waals surface area contributed by atoms with Gasteiger partial charge in [-0.05, 0) is 26.3 Å². The molecule has 1 heterocycles. The lowest BCUT2D eigenvalue weighted by atomic mass is 9.94. The number of Topliss-reactive ketones (excluding diaryl/α,β-unsaturated/α-hetero) is 1. The highest BCUT2D eigenvalue weighted by atomic mass is 16.5. The predicted octanol–water partition coefficient (Wildman–Crippen LogP) is 3.18. The van der Waals surface area contributed by atoms with Gasteiger partial charge in [0.2, 0.25) is 0 Å². The number of nitrogens with one attached hydrogen (secondary N) is 1. The number of phenolic OH excluding ortho intramolecular Hbond substituents is 1. The zero-order valence-corrected chi connectivity index (χ0v) is 18.3. The Hall–Kier alpha value is -3.55. The zero-order chi connectivity index (χ0) is 23.3. The molecule has 170 valence electrons. The molecule has 0 spiro atoms. The highest BCUT2D eigenvalue weighted by Crippen LogP contribution is 2.41. The summed E-state index contributed by atoms with van der Waals surface area (Å²) in [5, 5.41) is 13.0. The third-order valence-corrected chi connectivity index (χ3v) is 5.07. The smallest absolute Gasteiger partial charge is 0.313 e. The van der Waals surface area contributed by atoms with Crippen molar-refractivity contribution < 1.29 is 33.7 Å². The molecule has 3 rings (SSSR count). The molecule has 1 amide bonds. The molecule has 2 N–H and O–H groups in total. The van der Waals surface area contributed by atoms with Gasteiger partial charge in [-0.15, -0.1) is 0 Å². The van der Waals surface area contributed by atoms with Crippen LogP contribution in [0, 0.1) is 5.41 Å². The number of ether oxygens (including phenoxy) is 3. The number of carbonyl (C=O) groups excluding carboxylic acids is 3. The Kier molecular flexibility index (Phi) is 7.02. The number of hydrogen-bond acceptors (Lipinski definition) is 7. The minimum Gasteiger partial charge on any atom is -0.507 e. The third kappa shape index (κ3) is 5.38. The molecule has 0 fully saturated rings. The van der Waals surface area contributed by atoms with Gasteiger partial charge < -0.3 is 24.6 Å². The number of phenols is 1. The van der Waals surface area contributed by atoms with Crippen molar-refractivity contribution >= 4 is 17.7 Å². The Morgan fingerprint density at radius 1 is 1.22 bits per heavy atom. The summed E-state index contributed by atoms with van der Waals surface area (Å²) in [5.74, 6) is -0.966. The first kappa shape index (κ1) is 23.1. The second-order valence-corrected chi connectivity index (χ2v) is 8.13. The quantitative estimate of drug-likeness (QED) is 0.605. The normalized spacial score (nSPS) is 15.3. The van der Waals surface area contributed by atoms with Crippen molar-refractivity contribution in [3.05, 3.63) is 53.6 Å². The van der Waals surface area contributed by atoms with E-state index in [0.717, 1.165) is 5.56 Å². The molecule has 0 saturated heterocycles. The molecular weight excluding hydrogens is 414 g/mol. The summed E-state index contributed by atoms with van der Waals surface area (Å²) in [6.45, 7) is 5.06. The molecular formula is C24H27NO7. The molecule has 1 aliphatic rings. The van der Waals surface area contributed by atoms with E-state index in [2.05, 4.69) is 5.32 Å². The van der Waals surface area contributed by atoms with Crippen LogP contribution in [0.4, 0.5) is 0 Å². The van der Waals surface area contributed by atoms with Crippen molar-refractivity contribution in [3.63, 3.8) is 0 Å². The van der Waals surface area contributed by atoms with Gasteiger partial charge in [-0.1, -0.05) is 30.3 Å². The molecule has 0 aromatic heterocycles. The topological polar surface area (TPSA) is 111 Å². The lowest BCUT2D eigenvalue weighted by Gasteiger charge is -2.26. The minimum atomic E-state index is -0.879. The zero-order valence-electron chi connectivity index (χ0n) is 18.3. The summed E-state index contributed by atoms with van der Waals surface area (Å²) in [7, 11) is 0. The molecule has 0 bridgehead atoms. The van der Waals surface area contributed by atoms with Crippen LogP contribution < -0.4 is 14.8 Å². The van der Waals surface area contributed by atoms with Crippen molar-refractivity contribution in [2.75, 3.05) is 19.8 Å². The van der Waals surface area contributed by atoms with Gasteiger partial charge in [0, 0.05) is 18.7 Å². The van der Waals surface area contributed by atoms with Crippen molar-refractivity contribution in [3.8, 4) is 17.2 Å². The maximum Gasteiger partial charge on any atom is 0.313 e. The summed E-state index contributed by atoms with van der Waals surface area (Å²) in [5.41, 5.74) is 0.0715. The van der Waals surface area contributed by atoms with Crippen LogP contribution in [0.15, 0.2) is 42.5 Å². The highest BCUT2D eigenvalue weighted by molar-refractivity contribution is 6.02. The van der Waals surface area contributed by atoms with Gasteiger partial charge in [0.05, 0.1) is 18.4 Å². The monoisotopic (exact) mass is 441 g/mol. The first-order valence-corrected chi connectivity index (χ1v) is 10.4. The first-order valence-electron chi connectivity index (χ1n) is 10.4. The Morgan fingerprint density at radius 3 is 2.62 bits per heavy atom. The van der Waals surface area contributed by atoms with Gasteiger partial charge in [-0.25, -0.2) is 0 Å². The lowest BCUT2D eigenvalue weighted by Crippen LogP contribution is -2.41. The Bertz CT molecular complexity index is 1000. The van der Waals surface area contributed by atoms with Crippen LogP contribution in [-0.2, 0) is 14.3 Å². The number of fused-ring (bicyclic) bond motifs is 1. The van der Waals surface area contributed by atoms with Gasteiger partial charge in [-0.2, -0.15) is 0 Å². The molecule has 8 nitrogen and oxygen atoms in total. The maximum absolute atomic E-state index is 12.6. The van der Waals surface area contributed by atoms with E-state index in [1.54, 1.807) is 20.8 Å². The molecule has 2 aromatic carbocycles. The van der Waals surface area contributed by atoms with Crippen molar-refractivity contribution in [2.24, 2.45) is 5.41 Å². The number of benzene rings is 2. The van der Waals surface area contributed by atoms with E-state index in [9.17, 15) is 19.5 Å². The minimum absolute atomic E-state index is 0.0832. The van der Waals surface area contributed by atoms with Gasteiger partial charge in [0.15, 0.2) is 12.4 Å². The molecule has 2 aromatic rings. The number of ketones is 1. The Morgan fingerprint density at radius 2 is 1.94 bits per heavy atom. The van der Waals surface area contributed by atoms with Crippen LogP contribution in [0.5, 0.6) is 17.2 Å². The van der Waals surface area contributed by atoms with Crippen LogP contribution >= 0.6 is 0 Å². The first-order chi connectivity index (χ1) is 15.2. The second kappa shape index (κ2) is 9.72. The van der Waals surface area contributed by atoms with E-state index >= 15 is 0 Å². The van der Waals surface area contributed by atoms with E-state index in [-0.39, 0.29) is 54.8 Å². The summed E-state index contributed by atoms with van der Waals surface area (Å²) >= 11 is 0. The standard InChI is InChI=1S/C24H27NO7/c1-4-30-23(29)24(2,3)14-25-21(28)13-31-16-10-17(26)22-18(27)12-19(32-20(22)11-16)15-8-6-5-7-9-15/h5-11,19,26H,4,12-14H2,1-3H3,(H,25,28). The molecule has 1 aliphatic heterocycles. The van der Waals surface area contributed by atoms with E-state index in [4.69, 9.17) is 14.2 Å². The fourth-order valence-corrected chi connectivity index (χ4v) is 3.27. The van der Waals surface area contributed by atoms with Gasteiger partial charge >= 0.3 is 5.97 Å². The maximum atomic E-state index is 12.6. The van der Waals surface area contributed by atoms with Crippen molar-refractivity contribution in [1.29, 1.82) is 0 Å². The molecule has 0 aliphatic carbocycles. The summed E-state index contributed by atoms with van der Waals surface area (Å²) in [4.78, 5) is 36.6. The fraction of sp³-hybridized carbons (Fsp3) is 0.375. The summed E-state index contributed by atoms with van der Waals surface area (Å²) in [6, 6.07) is 12.1. The van der Waals surface area contributed by atoms with Crippen LogP contribution in [0.25, 0.3) is 0 Å². The van der Waals surface area contributed by atoms with Crippen LogP contribution in [-0.4, -0.2) is 42.5 Å². The number of rotatable bonds is 8. The average molecular weight is 441 g/mol. The van der Waals surface area contributed by atoms with Crippen LogP contribution in [0.2, 0.25) is 0 Å². The summed E-state index contributed by atoms with van der Waals surface area (Å²) < 4.78 is 16.4. The van der Waals surface area contributed by atoms with Crippen LogP contribution in [0.3, 0.4) is 0 Å². The molecule has 8 heteroatoms. The molecule has 0 saturated carbocycles. The van der Waals surface area contributed by atoms with Gasteiger partial charge in [0.1, 0.15) is 28.9 Å². The van der Waals surface area contributed by atoms with Crippen LogP contribution in [0.1, 0.15) is 49.2 Å².